The Bertz CT molecular complexity index is 1120. The lowest BCUT2D eigenvalue weighted by atomic mass is 10.2. The lowest BCUT2D eigenvalue weighted by Crippen LogP contribution is -2.12. The van der Waals surface area contributed by atoms with Crippen molar-refractivity contribution in [3.05, 3.63) is 87.4 Å². The summed E-state index contributed by atoms with van der Waals surface area (Å²) in [5, 5.41) is 12.8. The number of nitrogens with zero attached hydrogens (tertiary/aromatic N) is 1. The van der Waals surface area contributed by atoms with Crippen molar-refractivity contribution in [3.63, 3.8) is 0 Å². The van der Waals surface area contributed by atoms with Gasteiger partial charge < -0.3 is 5.32 Å². The first-order chi connectivity index (χ1) is 13.4. The SMILES string of the molecule is Cc1ccc([S@@](=O)c2ccc(NC(=O)c3ccc(Cl)c(Cl)c3)cc2C#N)cc1. The third kappa shape index (κ3) is 4.42. The van der Waals surface area contributed by atoms with E-state index in [0.29, 0.717) is 26.1 Å². The molecule has 3 aromatic carbocycles. The predicted molar refractivity (Wildman–Crippen MR) is 111 cm³/mol. The Kier molecular flexibility index (Phi) is 6.15. The molecule has 0 saturated carbocycles. The highest BCUT2D eigenvalue weighted by Crippen LogP contribution is 2.25. The summed E-state index contributed by atoms with van der Waals surface area (Å²) in [6.07, 6.45) is 0. The fourth-order valence-corrected chi connectivity index (χ4v) is 3.92. The Morgan fingerprint density at radius 2 is 1.71 bits per heavy atom. The van der Waals surface area contributed by atoms with Crippen molar-refractivity contribution in [2.75, 3.05) is 5.32 Å². The van der Waals surface area contributed by atoms with Gasteiger partial charge in [-0.25, -0.2) is 4.21 Å². The van der Waals surface area contributed by atoms with E-state index in [9.17, 15) is 14.3 Å². The van der Waals surface area contributed by atoms with E-state index in [4.69, 9.17) is 23.2 Å². The van der Waals surface area contributed by atoms with E-state index in [2.05, 4.69) is 5.32 Å². The number of nitriles is 1. The molecule has 0 spiro atoms. The van der Waals surface area contributed by atoms with Crippen LogP contribution < -0.4 is 5.32 Å². The number of rotatable bonds is 4. The van der Waals surface area contributed by atoms with Crippen molar-refractivity contribution in [1.82, 2.24) is 0 Å². The summed E-state index contributed by atoms with van der Waals surface area (Å²) < 4.78 is 12.8. The van der Waals surface area contributed by atoms with Crippen molar-refractivity contribution >= 4 is 45.6 Å². The third-order valence-corrected chi connectivity index (χ3v) is 6.17. The van der Waals surface area contributed by atoms with E-state index in [0.717, 1.165) is 5.56 Å². The molecule has 0 aliphatic heterocycles. The fourth-order valence-electron chi connectivity index (χ4n) is 2.49. The summed E-state index contributed by atoms with van der Waals surface area (Å²) in [6.45, 7) is 1.94. The van der Waals surface area contributed by atoms with Gasteiger partial charge in [-0.3, -0.25) is 4.79 Å². The molecule has 7 heteroatoms. The van der Waals surface area contributed by atoms with Gasteiger partial charge in [0.2, 0.25) is 0 Å². The van der Waals surface area contributed by atoms with E-state index in [1.54, 1.807) is 30.3 Å². The summed E-state index contributed by atoms with van der Waals surface area (Å²) in [6, 6.07) is 18.6. The van der Waals surface area contributed by atoms with Gasteiger partial charge >= 0.3 is 0 Å². The normalized spacial score (nSPS) is 11.5. The lowest BCUT2D eigenvalue weighted by molar-refractivity contribution is 0.102. The van der Waals surface area contributed by atoms with Crippen LogP contribution in [0.5, 0.6) is 0 Å². The van der Waals surface area contributed by atoms with Crippen molar-refractivity contribution in [3.8, 4) is 6.07 Å². The summed E-state index contributed by atoms with van der Waals surface area (Å²) in [7, 11) is -1.50. The van der Waals surface area contributed by atoms with E-state index >= 15 is 0 Å². The van der Waals surface area contributed by atoms with Crippen LogP contribution in [-0.4, -0.2) is 10.1 Å². The zero-order valence-corrected chi connectivity index (χ0v) is 17.0. The van der Waals surface area contributed by atoms with Crippen LogP contribution in [-0.2, 0) is 10.8 Å². The number of nitrogens with one attached hydrogen (secondary N) is 1. The minimum Gasteiger partial charge on any atom is -0.322 e. The first kappa shape index (κ1) is 20.1. The molecule has 0 saturated heterocycles. The molecule has 1 atom stereocenters. The Morgan fingerprint density at radius 1 is 1.00 bits per heavy atom. The standard InChI is InChI=1S/C21H14Cl2N2O2S/c1-13-2-6-17(7-3-13)28(27)20-9-5-16(10-15(20)12-24)25-21(26)14-4-8-18(22)19(23)11-14/h2-11H,1H3,(H,25,26)/t28-/m1/s1. The molecule has 1 N–H and O–H groups in total. The van der Waals surface area contributed by atoms with Gasteiger partial charge in [0.15, 0.2) is 0 Å². The van der Waals surface area contributed by atoms with Gasteiger partial charge in [0.05, 0.1) is 31.3 Å². The monoisotopic (exact) mass is 428 g/mol. The second kappa shape index (κ2) is 8.57. The van der Waals surface area contributed by atoms with E-state index in [1.165, 1.54) is 18.2 Å². The molecule has 0 aliphatic carbocycles. The number of halogens is 2. The molecule has 3 rings (SSSR count). The van der Waals surface area contributed by atoms with Gasteiger partial charge in [-0.2, -0.15) is 5.26 Å². The maximum Gasteiger partial charge on any atom is 0.255 e. The highest BCUT2D eigenvalue weighted by Gasteiger charge is 2.15. The minimum absolute atomic E-state index is 0.228. The molecule has 0 heterocycles. The molecule has 0 aliphatic rings. The largest absolute Gasteiger partial charge is 0.322 e. The Labute approximate surface area is 175 Å². The van der Waals surface area contributed by atoms with Gasteiger partial charge in [0.25, 0.3) is 5.91 Å². The molecular weight excluding hydrogens is 415 g/mol. The van der Waals surface area contributed by atoms with Crippen molar-refractivity contribution in [2.24, 2.45) is 0 Å². The minimum atomic E-state index is -1.50. The van der Waals surface area contributed by atoms with Crippen LogP contribution in [0.2, 0.25) is 10.0 Å². The third-order valence-electron chi connectivity index (χ3n) is 3.97. The maximum atomic E-state index is 12.8. The highest BCUT2D eigenvalue weighted by molar-refractivity contribution is 7.85. The second-order valence-electron chi connectivity index (χ2n) is 5.99. The van der Waals surface area contributed by atoms with Gasteiger partial charge in [0.1, 0.15) is 6.07 Å². The Morgan fingerprint density at radius 3 is 2.36 bits per heavy atom. The second-order valence-corrected chi connectivity index (χ2v) is 8.25. The van der Waals surface area contributed by atoms with E-state index in [-0.39, 0.29) is 10.6 Å². The molecule has 0 aromatic heterocycles. The average Bonchev–Trinajstić information content (AvgIpc) is 2.70. The summed E-state index contributed by atoms with van der Waals surface area (Å²) >= 11 is 11.8. The first-order valence-electron chi connectivity index (χ1n) is 8.18. The molecule has 0 bridgehead atoms. The summed E-state index contributed by atoms with van der Waals surface area (Å²) in [4.78, 5) is 13.4. The molecule has 0 radical (unpaired) electrons. The first-order valence-corrected chi connectivity index (χ1v) is 10.1. The van der Waals surface area contributed by atoms with Crippen molar-refractivity contribution in [1.29, 1.82) is 5.26 Å². The van der Waals surface area contributed by atoms with Crippen LogP contribution in [0, 0.1) is 18.3 Å². The van der Waals surface area contributed by atoms with Gasteiger partial charge in [-0.05, 0) is 55.5 Å². The number of amides is 1. The Balaban J connectivity index is 1.85. The van der Waals surface area contributed by atoms with Crippen LogP contribution in [0.1, 0.15) is 21.5 Å². The van der Waals surface area contributed by atoms with Crippen molar-refractivity contribution in [2.45, 2.75) is 16.7 Å². The highest BCUT2D eigenvalue weighted by atomic mass is 35.5. The fraction of sp³-hybridized carbons (Fsp3) is 0.0476. The van der Waals surface area contributed by atoms with Gasteiger partial charge in [0, 0.05) is 16.1 Å². The number of carbonyl (C=O) groups excluding carboxylic acids is 1. The number of carbonyl (C=O) groups is 1. The molecule has 3 aromatic rings. The molecule has 1 amide bonds. The molecule has 28 heavy (non-hydrogen) atoms. The summed E-state index contributed by atoms with van der Waals surface area (Å²) in [5.41, 5.74) is 2.03. The topological polar surface area (TPSA) is 70.0 Å². The summed E-state index contributed by atoms with van der Waals surface area (Å²) in [5.74, 6) is -0.394. The zero-order valence-electron chi connectivity index (χ0n) is 14.7. The van der Waals surface area contributed by atoms with Crippen molar-refractivity contribution < 1.29 is 9.00 Å². The lowest BCUT2D eigenvalue weighted by Gasteiger charge is -2.09. The van der Waals surface area contributed by atoms with Crippen LogP contribution in [0.15, 0.2) is 70.5 Å². The number of anilines is 1. The van der Waals surface area contributed by atoms with Gasteiger partial charge in [-0.1, -0.05) is 40.9 Å². The molecule has 0 fully saturated rings. The zero-order chi connectivity index (χ0) is 20.3. The van der Waals surface area contributed by atoms with E-state index in [1.807, 2.05) is 25.1 Å². The molecule has 4 nitrogen and oxygen atoms in total. The number of hydrogen-bond acceptors (Lipinski definition) is 3. The van der Waals surface area contributed by atoms with Crippen LogP contribution >= 0.6 is 23.2 Å². The quantitative estimate of drug-likeness (QED) is 0.588. The molecule has 140 valence electrons. The molecular formula is C21H14Cl2N2O2S. The van der Waals surface area contributed by atoms with E-state index < -0.39 is 16.7 Å². The van der Waals surface area contributed by atoms with Gasteiger partial charge in [-0.15, -0.1) is 0 Å². The maximum absolute atomic E-state index is 12.8. The Hall–Kier alpha value is -2.65. The van der Waals surface area contributed by atoms with Crippen LogP contribution in [0.25, 0.3) is 0 Å². The smallest absolute Gasteiger partial charge is 0.255 e. The number of benzene rings is 3. The molecule has 0 unspecified atom stereocenters. The van der Waals surface area contributed by atoms with Crippen LogP contribution in [0.3, 0.4) is 0 Å². The van der Waals surface area contributed by atoms with Crippen LogP contribution in [0.4, 0.5) is 5.69 Å². The predicted octanol–water partition coefficient (Wildman–Crippen LogP) is 5.59. The average molecular weight is 429 g/mol. The number of hydrogen-bond donors (Lipinski definition) is 1. The number of aryl methyl sites for hydroxylation is 1.